The monoisotopic (exact) mass is 296 g/mol. The minimum Gasteiger partial charge on any atom is -0.347 e. The molecule has 7 heteroatoms. The van der Waals surface area contributed by atoms with E-state index in [1.165, 1.54) is 17.3 Å². The number of hydrogen-bond donors (Lipinski definition) is 2. The summed E-state index contributed by atoms with van der Waals surface area (Å²) in [5.74, 6) is -0.122. The molecular formula is C12H13ClN4OS. The Hall–Kier alpha value is -1.50. The number of carbonyl (C=O) groups is 1. The molecule has 0 spiro atoms. The standard InChI is InChI=1S/C12H12N4OS.ClH/c17-12(11-7-15-16-18-11)14-4-8-1-2-9-5-13-6-10(9)3-8;/h1-3,7,13H,4-6H2,(H,14,17);1H. The number of carbonyl (C=O) groups excluding carboxylic acids is 1. The molecule has 1 aliphatic heterocycles. The van der Waals surface area contributed by atoms with E-state index in [4.69, 9.17) is 0 Å². The molecule has 19 heavy (non-hydrogen) atoms. The number of benzene rings is 1. The topological polar surface area (TPSA) is 66.9 Å². The van der Waals surface area contributed by atoms with E-state index < -0.39 is 0 Å². The van der Waals surface area contributed by atoms with Crippen LogP contribution >= 0.6 is 23.9 Å². The van der Waals surface area contributed by atoms with Crippen molar-refractivity contribution in [2.24, 2.45) is 0 Å². The molecule has 0 unspecified atom stereocenters. The second kappa shape index (κ2) is 6.10. The molecule has 2 N–H and O–H groups in total. The summed E-state index contributed by atoms with van der Waals surface area (Å²) in [6.45, 7) is 2.38. The van der Waals surface area contributed by atoms with Gasteiger partial charge in [0.25, 0.3) is 5.91 Å². The van der Waals surface area contributed by atoms with E-state index in [0.29, 0.717) is 11.4 Å². The van der Waals surface area contributed by atoms with Gasteiger partial charge in [-0.2, -0.15) is 0 Å². The van der Waals surface area contributed by atoms with Crippen LogP contribution in [0.25, 0.3) is 0 Å². The van der Waals surface area contributed by atoms with E-state index in [-0.39, 0.29) is 18.3 Å². The van der Waals surface area contributed by atoms with Crippen LogP contribution in [-0.2, 0) is 19.6 Å². The van der Waals surface area contributed by atoms with Crippen LogP contribution in [0.4, 0.5) is 0 Å². The highest BCUT2D eigenvalue weighted by molar-refractivity contribution is 7.07. The Morgan fingerprint density at radius 3 is 3.00 bits per heavy atom. The van der Waals surface area contributed by atoms with E-state index in [0.717, 1.165) is 30.2 Å². The maximum Gasteiger partial charge on any atom is 0.264 e. The summed E-state index contributed by atoms with van der Waals surface area (Å²) in [5.41, 5.74) is 3.78. The summed E-state index contributed by atoms with van der Waals surface area (Å²) in [6.07, 6.45) is 1.48. The smallest absolute Gasteiger partial charge is 0.264 e. The number of hydrogen-bond acceptors (Lipinski definition) is 5. The van der Waals surface area contributed by atoms with Crippen LogP contribution < -0.4 is 10.6 Å². The van der Waals surface area contributed by atoms with Crippen molar-refractivity contribution in [1.82, 2.24) is 20.2 Å². The van der Waals surface area contributed by atoms with E-state index in [1.807, 2.05) is 0 Å². The molecule has 2 aromatic rings. The van der Waals surface area contributed by atoms with Gasteiger partial charge < -0.3 is 10.6 Å². The summed E-state index contributed by atoms with van der Waals surface area (Å²) >= 11 is 1.10. The third-order valence-electron chi connectivity index (χ3n) is 2.94. The van der Waals surface area contributed by atoms with Gasteiger partial charge >= 0.3 is 0 Å². The number of halogens is 1. The van der Waals surface area contributed by atoms with Gasteiger partial charge in [-0.3, -0.25) is 4.79 Å². The second-order valence-electron chi connectivity index (χ2n) is 4.17. The number of aromatic nitrogens is 2. The van der Waals surface area contributed by atoms with Crippen molar-refractivity contribution in [2.75, 3.05) is 0 Å². The zero-order valence-corrected chi connectivity index (χ0v) is 11.7. The Morgan fingerprint density at radius 2 is 2.21 bits per heavy atom. The summed E-state index contributed by atoms with van der Waals surface area (Å²) in [4.78, 5) is 12.3. The lowest BCUT2D eigenvalue weighted by atomic mass is 10.1. The first-order chi connectivity index (χ1) is 8.83. The van der Waals surface area contributed by atoms with Gasteiger partial charge in [-0.05, 0) is 28.2 Å². The molecule has 0 bridgehead atoms. The van der Waals surface area contributed by atoms with E-state index in [2.05, 4.69) is 38.4 Å². The third kappa shape index (κ3) is 3.09. The molecular weight excluding hydrogens is 284 g/mol. The maximum absolute atomic E-state index is 11.7. The predicted molar refractivity (Wildman–Crippen MR) is 75.3 cm³/mol. The van der Waals surface area contributed by atoms with Crippen LogP contribution in [0.1, 0.15) is 26.4 Å². The zero-order valence-electron chi connectivity index (χ0n) is 10.0. The van der Waals surface area contributed by atoms with Crippen LogP contribution in [0.15, 0.2) is 24.4 Å². The molecule has 0 fully saturated rings. The number of nitrogens with zero attached hydrogens (tertiary/aromatic N) is 2. The molecule has 1 aromatic heterocycles. The van der Waals surface area contributed by atoms with E-state index in [9.17, 15) is 4.79 Å². The minimum atomic E-state index is -0.122. The Morgan fingerprint density at radius 1 is 1.37 bits per heavy atom. The number of nitrogens with one attached hydrogen (secondary N) is 2. The van der Waals surface area contributed by atoms with Crippen molar-refractivity contribution in [3.8, 4) is 0 Å². The number of rotatable bonds is 3. The highest BCUT2D eigenvalue weighted by Crippen LogP contribution is 2.17. The van der Waals surface area contributed by atoms with Gasteiger partial charge in [0.1, 0.15) is 4.88 Å². The molecule has 100 valence electrons. The fourth-order valence-corrected chi connectivity index (χ4v) is 2.43. The van der Waals surface area contributed by atoms with Gasteiger partial charge in [-0.1, -0.05) is 22.7 Å². The number of fused-ring (bicyclic) bond motifs is 1. The largest absolute Gasteiger partial charge is 0.347 e. The Kier molecular flexibility index (Phi) is 4.47. The van der Waals surface area contributed by atoms with Crippen molar-refractivity contribution in [3.63, 3.8) is 0 Å². The fourth-order valence-electron chi connectivity index (χ4n) is 1.99. The second-order valence-corrected chi connectivity index (χ2v) is 4.96. The van der Waals surface area contributed by atoms with E-state index in [1.54, 1.807) is 0 Å². The molecule has 3 rings (SSSR count). The summed E-state index contributed by atoms with van der Waals surface area (Å²) in [7, 11) is 0. The summed E-state index contributed by atoms with van der Waals surface area (Å²) in [5, 5.41) is 9.81. The predicted octanol–water partition coefficient (Wildman–Crippen LogP) is 1.49. The molecule has 0 atom stereocenters. The first-order valence-corrected chi connectivity index (χ1v) is 6.47. The average molecular weight is 297 g/mol. The lowest BCUT2D eigenvalue weighted by molar-refractivity contribution is 0.0955. The van der Waals surface area contributed by atoms with Crippen molar-refractivity contribution < 1.29 is 4.79 Å². The molecule has 0 aliphatic carbocycles. The normalized spacial score (nSPS) is 12.6. The highest BCUT2D eigenvalue weighted by Gasteiger charge is 2.11. The van der Waals surface area contributed by atoms with E-state index >= 15 is 0 Å². The zero-order chi connectivity index (χ0) is 12.4. The highest BCUT2D eigenvalue weighted by atomic mass is 35.5. The van der Waals surface area contributed by atoms with Crippen LogP contribution in [0.2, 0.25) is 0 Å². The van der Waals surface area contributed by atoms with Gasteiger partial charge in [0.2, 0.25) is 0 Å². The summed E-state index contributed by atoms with van der Waals surface area (Å²) in [6, 6.07) is 6.31. The molecule has 1 aliphatic rings. The molecule has 1 amide bonds. The molecule has 1 aromatic carbocycles. The van der Waals surface area contributed by atoms with Gasteiger partial charge in [0, 0.05) is 19.6 Å². The maximum atomic E-state index is 11.7. The van der Waals surface area contributed by atoms with Gasteiger partial charge in [0.15, 0.2) is 0 Å². The molecule has 2 heterocycles. The van der Waals surface area contributed by atoms with Crippen molar-refractivity contribution in [3.05, 3.63) is 46.0 Å². The fraction of sp³-hybridized carbons (Fsp3) is 0.250. The number of amides is 1. The van der Waals surface area contributed by atoms with Gasteiger partial charge in [-0.15, -0.1) is 17.5 Å². The van der Waals surface area contributed by atoms with Gasteiger partial charge in [0.05, 0.1) is 6.20 Å². The Balaban J connectivity index is 0.00000133. The first-order valence-electron chi connectivity index (χ1n) is 5.70. The van der Waals surface area contributed by atoms with Crippen LogP contribution in [-0.4, -0.2) is 15.5 Å². The molecule has 5 nitrogen and oxygen atoms in total. The minimum absolute atomic E-state index is 0. The lowest BCUT2D eigenvalue weighted by Crippen LogP contribution is -2.21. The quantitative estimate of drug-likeness (QED) is 0.901. The van der Waals surface area contributed by atoms with Gasteiger partial charge in [-0.25, -0.2) is 0 Å². The average Bonchev–Trinajstić information content (AvgIpc) is 3.05. The SMILES string of the molecule is Cl.O=C(NCc1ccc2c(c1)CNC2)c1cnns1. The third-order valence-corrected chi connectivity index (χ3v) is 3.60. The van der Waals surface area contributed by atoms with Crippen molar-refractivity contribution >= 4 is 29.8 Å². The molecule has 0 saturated heterocycles. The van der Waals surface area contributed by atoms with Crippen molar-refractivity contribution in [1.29, 1.82) is 0 Å². The summed E-state index contributed by atoms with van der Waals surface area (Å²) < 4.78 is 3.67. The van der Waals surface area contributed by atoms with Crippen LogP contribution in [0, 0.1) is 0 Å². The van der Waals surface area contributed by atoms with Crippen molar-refractivity contribution in [2.45, 2.75) is 19.6 Å². The Bertz CT molecular complexity index is 573. The molecule has 0 saturated carbocycles. The lowest BCUT2D eigenvalue weighted by Gasteiger charge is -2.05. The first kappa shape index (κ1) is 13.9. The Labute approximate surface area is 121 Å². The van der Waals surface area contributed by atoms with Crippen LogP contribution in [0.3, 0.4) is 0 Å². The molecule has 0 radical (unpaired) electrons. The van der Waals surface area contributed by atoms with Crippen LogP contribution in [0.5, 0.6) is 0 Å².